The van der Waals surface area contributed by atoms with Gasteiger partial charge in [0.2, 0.25) is 0 Å². The van der Waals surface area contributed by atoms with Crippen LogP contribution in [0, 0.1) is 10.8 Å². The van der Waals surface area contributed by atoms with E-state index < -0.39 is 0 Å². The van der Waals surface area contributed by atoms with E-state index in [1.807, 2.05) is 0 Å². The average Bonchev–Trinajstić information content (AvgIpc) is 2.47. The van der Waals surface area contributed by atoms with Crippen LogP contribution in [0.1, 0.15) is 59.8 Å². The lowest BCUT2D eigenvalue weighted by Gasteiger charge is -2.47. The standard InChI is InChI=1S/C22H43N2O2/c1-9-20(25)26-15-14-24(7,8)13-11-10-12-23(6)19-16-21(2,3)18-22(4,5)17-19/h9,19H,1,10-18H2,2-8H3/q+1. The van der Waals surface area contributed by atoms with Crippen molar-refractivity contribution in [2.45, 2.75) is 65.8 Å². The van der Waals surface area contributed by atoms with E-state index in [-0.39, 0.29) is 5.97 Å². The van der Waals surface area contributed by atoms with E-state index in [2.05, 4.69) is 60.3 Å². The molecular weight excluding hydrogens is 324 g/mol. The Bertz CT molecular complexity index is 453. The van der Waals surface area contributed by atoms with Crippen molar-refractivity contribution in [3.63, 3.8) is 0 Å². The lowest BCUT2D eigenvalue weighted by molar-refractivity contribution is -0.890. The van der Waals surface area contributed by atoms with Gasteiger partial charge >= 0.3 is 5.97 Å². The third-order valence-corrected chi connectivity index (χ3v) is 5.79. The van der Waals surface area contributed by atoms with Crippen molar-refractivity contribution in [1.82, 2.24) is 4.90 Å². The lowest BCUT2D eigenvalue weighted by Crippen LogP contribution is -2.45. The highest BCUT2D eigenvalue weighted by Crippen LogP contribution is 2.46. The minimum Gasteiger partial charge on any atom is -0.457 e. The molecule has 1 aliphatic carbocycles. The molecule has 1 aliphatic rings. The van der Waals surface area contributed by atoms with E-state index in [1.165, 1.54) is 44.7 Å². The van der Waals surface area contributed by atoms with Crippen molar-refractivity contribution in [1.29, 1.82) is 0 Å². The van der Waals surface area contributed by atoms with Crippen molar-refractivity contribution in [3.8, 4) is 0 Å². The molecule has 0 saturated heterocycles. The molecule has 0 heterocycles. The van der Waals surface area contributed by atoms with Crippen LogP contribution in [0.25, 0.3) is 0 Å². The smallest absolute Gasteiger partial charge is 0.330 e. The number of hydrogen-bond donors (Lipinski definition) is 0. The van der Waals surface area contributed by atoms with Gasteiger partial charge in [-0.15, -0.1) is 0 Å². The summed E-state index contributed by atoms with van der Waals surface area (Å²) in [6.07, 6.45) is 7.59. The number of nitrogens with zero attached hydrogens (tertiary/aromatic N) is 2. The van der Waals surface area contributed by atoms with Crippen molar-refractivity contribution in [2.75, 3.05) is 47.4 Å². The van der Waals surface area contributed by atoms with Gasteiger partial charge in [-0.1, -0.05) is 34.3 Å². The fourth-order valence-electron chi connectivity index (χ4n) is 4.75. The van der Waals surface area contributed by atoms with Gasteiger partial charge in [-0.2, -0.15) is 0 Å². The molecule has 4 nitrogen and oxygen atoms in total. The van der Waals surface area contributed by atoms with Gasteiger partial charge in [0.05, 0.1) is 20.6 Å². The average molecular weight is 368 g/mol. The van der Waals surface area contributed by atoms with Crippen LogP contribution in [-0.4, -0.2) is 68.8 Å². The van der Waals surface area contributed by atoms with E-state index >= 15 is 0 Å². The molecule has 0 spiro atoms. The number of carbonyl (C=O) groups excluding carboxylic acids is 1. The van der Waals surface area contributed by atoms with E-state index in [1.54, 1.807) is 0 Å². The molecule has 1 rings (SSSR count). The van der Waals surface area contributed by atoms with E-state index in [9.17, 15) is 4.79 Å². The van der Waals surface area contributed by atoms with Gasteiger partial charge in [-0.25, -0.2) is 4.79 Å². The normalized spacial score (nSPS) is 20.2. The minimum absolute atomic E-state index is 0.329. The van der Waals surface area contributed by atoms with Gasteiger partial charge in [-0.05, 0) is 56.5 Å². The van der Waals surface area contributed by atoms with Crippen LogP contribution in [0.3, 0.4) is 0 Å². The van der Waals surface area contributed by atoms with Crippen molar-refractivity contribution in [3.05, 3.63) is 12.7 Å². The predicted molar refractivity (Wildman–Crippen MR) is 110 cm³/mol. The van der Waals surface area contributed by atoms with E-state index in [4.69, 9.17) is 4.74 Å². The third kappa shape index (κ3) is 8.68. The fourth-order valence-corrected chi connectivity index (χ4v) is 4.75. The largest absolute Gasteiger partial charge is 0.457 e. The Hall–Kier alpha value is -0.870. The highest BCUT2D eigenvalue weighted by molar-refractivity contribution is 5.81. The van der Waals surface area contributed by atoms with Crippen molar-refractivity contribution < 1.29 is 14.0 Å². The van der Waals surface area contributed by atoms with Crippen molar-refractivity contribution in [2.24, 2.45) is 10.8 Å². The fraction of sp³-hybridized carbons (Fsp3) is 0.864. The summed E-state index contributed by atoms with van der Waals surface area (Å²) in [6.45, 7) is 16.7. The molecule has 0 bridgehead atoms. The van der Waals surface area contributed by atoms with Crippen LogP contribution >= 0.6 is 0 Å². The van der Waals surface area contributed by atoms with Crippen LogP contribution in [-0.2, 0) is 9.53 Å². The molecule has 26 heavy (non-hydrogen) atoms. The molecule has 1 saturated carbocycles. The van der Waals surface area contributed by atoms with Crippen molar-refractivity contribution >= 4 is 5.97 Å². The quantitative estimate of drug-likeness (QED) is 0.252. The molecule has 0 aromatic heterocycles. The maximum Gasteiger partial charge on any atom is 0.330 e. The monoisotopic (exact) mass is 367 g/mol. The number of ether oxygens (including phenoxy) is 1. The zero-order valence-corrected chi connectivity index (χ0v) is 18.4. The minimum atomic E-state index is -0.329. The van der Waals surface area contributed by atoms with E-state index in [0.29, 0.717) is 23.5 Å². The Morgan fingerprint density at radius 1 is 1.15 bits per heavy atom. The number of unbranched alkanes of at least 4 members (excludes halogenated alkanes) is 1. The number of rotatable bonds is 10. The first-order valence-corrected chi connectivity index (χ1v) is 10.2. The maximum atomic E-state index is 11.1. The SMILES string of the molecule is C=CC(=O)OCC[N+](C)(C)CCCCN(C)C1CC(C)(C)CC(C)(C)C1. The molecule has 0 aromatic carbocycles. The number of esters is 1. The number of carbonyl (C=O) groups is 1. The summed E-state index contributed by atoms with van der Waals surface area (Å²) in [5, 5.41) is 0. The second-order valence-corrected chi connectivity index (χ2v) is 10.5. The summed E-state index contributed by atoms with van der Waals surface area (Å²) in [6, 6.07) is 0.703. The molecule has 0 amide bonds. The van der Waals surface area contributed by atoms with Crippen LogP contribution < -0.4 is 0 Å². The molecule has 4 heteroatoms. The molecule has 0 unspecified atom stereocenters. The van der Waals surface area contributed by atoms with Gasteiger partial charge in [0.15, 0.2) is 0 Å². The molecule has 152 valence electrons. The molecule has 0 aliphatic heterocycles. The van der Waals surface area contributed by atoms with Gasteiger partial charge in [0.1, 0.15) is 13.2 Å². The van der Waals surface area contributed by atoms with Crippen LogP contribution in [0.15, 0.2) is 12.7 Å². The topological polar surface area (TPSA) is 29.5 Å². The maximum absolute atomic E-state index is 11.1. The predicted octanol–water partition coefficient (Wildman–Crippen LogP) is 4.11. The first kappa shape index (κ1) is 23.2. The summed E-state index contributed by atoms with van der Waals surface area (Å²) in [5.74, 6) is -0.329. The van der Waals surface area contributed by atoms with Gasteiger partial charge < -0.3 is 14.1 Å². The Balaban J connectivity index is 2.31. The molecule has 0 radical (unpaired) electrons. The van der Waals surface area contributed by atoms with Gasteiger partial charge in [0, 0.05) is 12.1 Å². The van der Waals surface area contributed by atoms with E-state index in [0.717, 1.165) is 17.6 Å². The zero-order valence-electron chi connectivity index (χ0n) is 18.4. The molecular formula is C22H43N2O2+. The zero-order chi connectivity index (χ0) is 20.0. The summed E-state index contributed by atoms with van der Waals surface area (Å²) in [5.41, 5.74) is 0.894. The first-order valence-electron chi connectivity index (χ1n) is 10.2. The van der Waals surface area contributed by atoms with Gasteiger partial charge in [-0.3, -0.25) is 0 Å². The number of hydrogen-bond acceptors (Lipinski definition) is 3. The Morgan fingerprint density at radius 2 is 1.73 bits per heavy atom. The Labute approximate surface area is 162 Å². The summed E-state index contributed by atoms with van der Waals surface area (Å²) < 4.78 is 6.00. The number of likely N-dealkylation sites (N-methyl/N-ethyl adjacent to an activating group) is 1. The first-order chi connectivity index (χ1) is 11.9. The molecule has 0 aromatic rings. The lowest BCUT2D eigenvalue weighted by atomic mass is 9.63. The second kappa shape index (κ2) is 9.36. The molecule has 0 N–H and O–H groups in total. The molecule has 0 atom stereocenters. The summed E-state index contributed by atoms with van der Waals surface area (Å²) in [4.78, 5) is 13.7. The summed E-state index contributed by atoms with van der Waals surface area (Å²) in [7, 11) is 6.71. The van der Waals surface area contributed by atoms with Gasteiger partial charge in [0.25, 0.3) is 0 Å². The highest BCUT2D eigenvalue weighted by atomic mass is 16.5. The van der Waals surface area contributed by atoms with Crippen LogP contribution in [0.4, 0.5) is 0 Å². The number of quaternary nitrogens is 1. The van der Waals surface area contributed by atoms with Crippen LogP contribution in [0.2, 0.25) is 0 Å². The second-order valence-electron chi connectivity index (χ2n) is 10.5. The molecule has 1 fully saturated rings. The highest BCUT2D eigenvalue weighted by Gasteiger charge is 2.39. The third-order valence-electron chi connectivity index (χ3n) is 5.79. The Kier molecular flexibility index (Phi) is 8.34. The summed E-state index contributed by atoms with van der Waals surface area (Å²) >= 11 is 0. The van der Waals surface area contributed by atoms with Crippen LogP contribution in [0.5, 0.6) is 0 Å². The Morgan fingerprint density at radius 3 is 2.27 bits per heavy atom.